The maximum Gasteiger partial charge on any atom is 0.416 e. The number of aromatic nitrogens is 2. The molecule has 0 fully saturated rings. The highest BCUT2D eigenvalue weighted by Crippen LogP contribution is 2.31. The van der Waals surface area contributed by atoms with Gasteiger partial charge in [-0.15, -0.1) is 11.8 Å². The fourth-order valence-electron chi connectivity index (χ4n) is 2.85. The molecule has 10 heteroatoms. The van der Waals surface area contributed by atoms with Crippen molar-refractivity contribution in [1.29, 1.82) is 0 Å². The lowest BCUT2D eigenvalue weighted by atomic mass is 10.2. The van der Waals surface area contributed by atoms with Crippen LogP contribution < -0.4 is 10.6 Å². The van der Waals surface area contributed by atoms with Crippen LogP contribution in [0.15, 0.2) is 54.6 Å². The van der Waals surface area contributed by atoms with E-state index < -0.39 is 17.6 Å². The van der Waals surface area contributed by atoms with Gasteiger partial charge in [0.1, 0.15) is 5.82 Å². The van der Waals surface area contributed by atoms with Gasteiger partial charge in [-0.1, -0.05) is 23.8 Å². The molecule has 2 N–H and O–H groups in total. The molecular formula is C22H21F3N4O2S. The number of nitrogens with zero attached hydrogens (tertiary/aromatic N) is 2. The third kappa shape index (κ3) is 6.36. The average Bonchev–Trinajstić information content (AvgIpc) is 3.09. The van der Waals surface area contributed by atoms with Gasteiger partial charge in [-0.05, 0) is 44.2 Å². The summed E-state index contributed by atoms with van der Waals surface area (Å²) in [6, 6.07) is 13.6. The second-order valence-electron chi connectivity index (χ2n) is 7.09. The van der Waals surface area contributed by atoms with Crippen molar-refractivity contribution in [3.8, 4) is 5.69 Å². The van der Waals surface area contributed by atoms with Crippen molar-refractivity contribution in [2.24, 2.45) is 0 Å². The fraction of sp³-hybridized carbons (Fsp3) is 0.227. The highest BCUT2D eigenvalue weighted by molar-refractivity contribution is 8.00. The first-order chi connectivity index (χ1) is 15.1. The van der Waals surface area contributed by atoms with Crippen LogP contribution in [0, 0.1) is 13.8 Å². The molecule has 0 bridgehead atoms. The number of rotatable bonds is 7. The molecule has 3 aromatic rings. The molecule has 0 aliphatic rings. The van der Waals surface area contributed by atoms with Gasteiger partial charge in [0, 0.05) is 11.8 Å². The molecule has 0 unspecified atom stereocenters. The summed E-state index contributed by atoms with van der Waals surface area (Å²) in [6.07, 6.45) is -4.49. The van der Waals surface area contributed by atoms with E-state index in [-0.39, 0.29) is 28.9 Å². The first-order valence-electron chi connectivity index (χ1n) is 9.60. The van der Waals surface area contributed by atoms with E-state index in [2.05, 4.69) is 15.7 Å². The predicted molar refractivity (Wildman–Crippen MR) is 119 cm³/mol. The number of benzene rings is 2. The molecule has 2 amide bonds. The molecule has 0 saturated carbocycles. The van der Waals surface area contributed by atoms with Crippen molar-refractivity contribution in [1.82, 2.24) is 9.78 Å². The number of aryl methyl sites for hydroxylation is 2. The second kappa shape index (κ2) is 9.90. The Labute approximate surface area is 187 Å². The van der Waals surface area contributed by atoms with Crippen molar-refractivity contribution >= 4 is 35.1 Å². The number of hydrogen-bond donors (Lipinski definition) is 2. The number of amides is 2. The zero-order valence-electron chi connectivity index (χ0n) is 17.4. The van der Waals surface area contributed by atoms with Crippen LogP contribution in [0.1, 0.15) is 16.8 Å². The Kier molecular flexibility index (Phi) is 7.24. The summed E-state index contributed by atoms with van der Waals surface area (Å²) in [6.45, 7) is 3.62. The zero-order valence-corrected chi connectivity index (χ0v) is 18.2. The molecule has 6 nitrogen and oxygen atoms in total. The number of thioether (sulfide) groups is 1. The van der Waals surface area contributed by atoms with E-state index in [0.29, 0.717) is 11.4 Å². The van der Waals surface area contributed by atoms with E-state index >= 15 is 0 Å². The number of anilines is 2. The van der Waals surface area contributed by atoms with Crippen molar-refractivity contribution in [2.75, 3.05) is 22.1 Å². The highest BCUT2D eigenvalue weighted by atomic mass is 32.2. The molecule has 0 spiro atoms. The normalized spacial score (nSPS) is 11.3. The highest BCUT2D eigenvalue weighted by Gasteiger charge is 2.30. The van der Waals surface area contributed by atoms with Crippen molar-refractivity contribution in [3.63, 3.8) is 0 Å². The largest absolute Gasteiger partial charge is 0.416 e. The molecule has 0 radical (unpaired) electrons. The smallest absolute Gasteiger partial charge is 0.325 e. The van der Waals surface area contributed by atoms with Gasteiger partial charge < -0.3 is 10.6 Å². The van der Waals surface area contributed by atoms with Gasteiger partial charge in [0.05, 0.1) is 28.5 Å². The Morgan fingerprint density at radius 1 is 0.969 bits per heavy atom. The molecule has 0 aliphatic heterocycles. The minimum atomic E-state index is -4.49. The van der Waals surface area contributed by atoms with Crippen LogP contribution in [0.25, 0.3) is 5.69 Å². The van der Waals surface area contributed by atoms with Crippen LogP contribution in [0.4, 0.5) is 24.7 Å². The summed E-state index contributed by atoms with van der Waals surface area (Å²) in [5, 5.41) is 9.57. The molecule has 2 aromatic carbocycles. The van der Waals surface area contributed by atoms with E-state index in [1.54, 1.807) is 25.1 Å². The number of halogens is 3. The maximum absolute atomic E-state index is 13.0. The zero-order chi connectivity index (χ0) is 23.3. The Morgan fingerprint density at radius 2 is 1.62 bits per heavy atom. The third-order valence-corrected chi connectivity index (χ3v) is 5.25. The molecule has 1 heterocycles. The number of carbonyl (C=O) groups is 2. The minimum Gasteiger partial charge on any atom is -0.325 e. The van der Waals surface area contributed by atoms with Crippen molar-refractivity contribution in [3.05, 3.63) is 71.4 Å². The fourth-order valence-corrected chi connectivity index (χ4v) is 3.47. The summed E-state index contributed by atoms with van der Waals surface area (Å²) in [5.41, 5.74) is 1.64. The van der Waals surface area contributed by atoms with Crippen LogP contribution in [0.5, 0.6) is 0 Å². The van der Waals surface area contributed by atoms with Gasteiger partial charge in [0.25, 0.3) is 0 Å². The number of carbonyl (C=O) groups excluding carboxylic acids is 2. The maximum atomic E-state index is 13.0. The quantitative estimate of drug-likeness (QED) is 0.528. The van der Waals surface area contributed by atoms with E-state index in [4.69, 9.17) is 0 Å². The summed E-state index contributed by atoms with van der Waals surface area (Å²) >= 11 is 1.12. The summed E-state index contributed by atoms with van der Waals surface area (Å²) < 4.78 is 40.3. The Hall–Kier alpha value is -3.27. The Balaban J connectivity index is 1.58. The van der Waals surface area contributed by atoms with Gasteiger partial charge in [-0.2, -0.15) is 18.3 Å². The first kappa shape index (κ1) is 23.4. The van der Waals surface area contributed by atoms with E-state index in [0.717, 1.165) is 29.5 Å². The summed E-state index contributed by atoms with van der Waals surface area (Å²) in [5.74, 6) is -0.319. The van der Waals surface area contributed by atoms with E-state index in [9.17, 15) is 22.8 Å². The third-order valence-electron chi connectivity index (χ3n) is 4.32. The first-order valence-corrected chi connectivity index (χ1v) is 10.8. The van der Waals surface area contributed by atoms with E-state index in [1.807, 2.05) is 19.1 Å². The summed E-state index contributed by atoms with van der Waals surface area (Å²) in [7, 11) is 0. The molecular weight excluding hydrogens is 441 g/mol. The number of alkyl halides is 3. The Bertz CT molecular complexity index is 1110. The van der Waals surface area contributed by atoms with Gasteiger partial charge in [-0.25, -0.2) is 4.68 Å². The van der Waals surface area contributed by atoms with Crippen LogP contribution >= 0.6 is 11.8 Å². The summed E-state index contributed by atoms with van der Waals surface area (Å²) in [4.78, 5) is 24.3. The SMILES string of the molecule is Cc1ccc(NC(=O)CSCC(=O)Nc2cc(C)nn2-c2cccc(C(F)(F)F)c2)cc1. The van der Waals surface area contributed by atoms with Crippen LogP contribution in [-0.2, 0) is 15.8 Å². The van der Waals surface area contributed by atoms with E-state index in [1.165, 1.54) is 16.8 Å². The molecule has 0 saturated heterocycles. The molecule has 0 aliphatic carbocycles. The van der Waals surface area contributed by atoms with Crippen LogP contribution in [-0.4, -0.2) is 33.1 Å². The van der Waals surface area contributed by atoms with Crippen molar-refractivity contribution < 1.29 is 22.8 Å². The lowest BCUT2D eigenvalue weighted by Gasteiger charge is -2.12. The molecule has 1 aromatic heterocycles. The van der Waals surface area contributed by atoms with Gasteiger partial charge in [0.2, 0.25) is 11.8 Å². The van der Waals surface area contributed by atoms with Crippen molar-refractivity contribution in [2.45, 2.75) is 20.0 Å². The standard InChI is InChI=1S/C22H21F3N4O2S/c1-14-6-8-17(9-7-14)26-20(30)12-32-13-21(31)27-19-10-15(2)28-29(19)18-5-3-4-16(11-18)22(23,24)25/h3-11H,12-13H2,1-2H3,(H,26,30)(H,27,31). The number of hydrogen-bond acceptors (Lipinski definition) is 4. The monoisotopic (exact) mass is 462 g/mol. The van der Waals surface area contributed by atoms with Crippen LogP contribution in [0.2, 0.25) is 0 Å². The lowest BCUT2D eigenvalue weighted by molar-refractivity contribution is -0.137. The molecule has 0 atom stereocenters. The van der Waals surface area contributed by atoms with Gasteiger partial charge in [0.15, 0.2) is 0 Å². The molecule has 32 heavy (non-hydrogen) atoms. The number of nitrogens with one attached hydrogen (secondary N) is 2. The van der Waals surface area contributed by atoms with Gasteiger partial charge in [-0.3, -0.25) is 9.59 Å². The predicted octanol–water partition coefficient (Wildman–Crippen LogP) is 4.82. The topological polar surface area (TPSA) is 76.0 Å². The minimum absolute atomic E-state index is 0.00582. The molecule has 168 valence electrons. The molecule has 3 rings (SSSR count). The van der Waals surface area contributed by atoms with Crippen LogP contribution in [0.3, 0.4) is 0 Å². The average molecular weight is 462 g/mol. The Morgan fingerprint density at radius 3 is 2.28 bits per heavy atom. The van der Waals surface area contributed by atoms with Gasteiger partial charge >= 0.3 is 6.18 Å². The second-order valence-corrected chi connectivity index (χ2v) is 8.07. The lowest BCUT2D eigenvalue weighted by Crippen LogP contribution is -2.20.